The van der Waals surface area contributed by atoms with Gasteiger partial charge in [-0.15, -0.1) is 0 Å². The van der Waals surface area contributed by atoms with Gasteiger partial charge in [-0.1, -0.05) is 13.8 Å². The maximum absolute atomic E-state index is 12.8. The maximum atomic E-state index is 12.8. The van der Waals surface area contributed by atoms with Gasteiger partial charge >= 0.3 is 6.09 Å². The van der Waals surface area contributed by atoms with E-state index in [2.05, 4.69) is 47.9 Å². The molecule has 4 atom stereocenters. The number of hydrogen-bond donors (Lipinski definition) is 0. The van der Waals surface area contributed by atoms with Crippen LogP contribution in [0.3, 0.4) is 0 Å². The first-order valence-corrected chi connectivity index (χ1v) is 13.6. The van der Waals surface area contributed by atoms with Crippen molar-refractivity contribution in [2.24, 2.45) is 17.8 Å². The number of sulfone groups is 1. The van der Waals surface area contributed by atoms with Gasteiger partial charge in [-0.25, -0.2) is 13.2 Å². The fourth-order valence-electron chi connectivity index (χ4n) is 5.29. The quantitative estimate of drug-likeness (QED) is 0.671. The fourth-order valence-corrected chi connectivity index (χ4v) is 6.49. The molecule has 0 aliphatic carbocycles. The van der Waals surface area contributed by atoms with Crippen molar-refractivity contribution >= 4 is 27.3 Å². The number of amides is 1. The van der Waals surface area contributed by atoms with Crippen molar-refractivity contribution in [1.29, 1.82) is 0 Å². The first-order chi connectivity index (χ1) is 14.9. The summed E-state index contributed by atoms with van der Waals surface area (Å²) in [6, 6.07) is 8.74. The molecule has 2 unspecified atom stereocenters. The number of carbonyl (C=O) groups is 1. The molecule has 4 saturated heterocycles. The van der Waals surface area contributed by atoms with Crippen molar-refractivity contribution in [1.82, 2.24) is 4.90 Å². The number of fused-ring (bicyclic) bond motifs is 4. The normalized spacial score (nSPS) is 30.2. The lowest BCUT2D eigenvalue weighted by Crippen LogP contribution is -2.52. The molecular weight excluding hydrogens is 426 g/mol. The first kappa shape index (κ1) is 23.2. The van der Waals surface area contributed by atoms with Crippen molar-refractivity contribution < 1.29 is 17.9 Å². The SMILES string of the molecule is CC1[C@@H]2CN(C(=O)OC(C)(C)C)CC([C@H]1C)N(c1ccc(N3CCS(=O)(=O)CC3)cc1)C2. The third-order valence-electron chi connectivity index (χ3n) is 7.42. The van der Waals surface area contributed by atoms with Gasteiger partial charge < -0.3 is 19.4 Å². The molecule has 7 nitrogen and oxygen atoms in total. The molecule has 1 aromatic carbocycles. The molecule has 4 fully saturated rings. The topological polar surface area (TPSA) is 70.2 Å². The molecule has 0 aromatic heterocycles. The number of carbonyl (C=O) groups excluding carboxylic acids is 1. The summed E-state index contributed by atoms with van der Waals surface area (Å²) in [5, 5.41) is 0. The summed E-state index contributed by atoms with van der Waals surface area (Å²) in [6.45, 7) is 13.8. The van der Waals surface area contributed by atoms with Gasteiger partial charge in [0.05, 0.1) is 11.5 Å². The molecule has 2 bridgehead atoms. The summed E-state index contributed by atoms with van der Waals surface area (Å²) in [6.07, 6.45) is -0.217. The van der Waals surface area contributed by atoms with Crippen LogP contribution in [0.4, 0.5) is 16.2 Å². The van der Waals surface area contributed by atoms with Gasteiger partial charge in [0, 0.05) is 50.1 Å². The van der Waals surface area contributed by atoms with Gasteiger partial charge in [0.15, 0.2) is 9.84 Å². The van der Waals surface area contributed by atoms with E-state index in [4.69, 9.17) is 4.74 Å². The molecule has 0 N–H and O–H groups in total. The molecule has 5 rings (SSSR count). The van der Waals surface area contributed by atoms with E-state index < -0.39 is 15.4 Å². The number of benzene rings is 1. The van der Waals surface area contributed by atoms with Crippen LogP contribution in [-0.2, 0) is 14.6 Å². The Balaban J connectivity index is 1.51. The molecule has 32 heavy (non-hydrogen) atoms. The molecule has 4 heterocycles. The average molecular weight is 464 g/mol. The zero-order valence-corrected chi connectivity index (χ0v) is 20.8. The lowest BCUT2D eigenvalue weighted by Gasteiger charge is -2.45. The molecule has 4 aliphatic rings. The van der Waals surface area contributed by atoms with Crippen LogP contribution < -0.4 is 9.80 Å². The second-order valence-corrected chi connectivity index (χ2v) is 13.0. The molecule has 178 valence electrons. The molecule has 0 saturated carbocycles. The largest absolute Gasteiger partial charge is 0.444 e. The van der Waals surface area contributed by atoms with Gasteiger partial charge in [0.2, 0.25) is 0 Å². The highest BCUT2D eigenvalue weighted by atomic mass is 32.2. The number of ether oxygens (including phenoxy) is 1. The monoisotopic (exact) mass is 463 g/mol. The minimum Gasteiger partial charge on any atom is -0.444 e. The number of anilines is 2. The predicted molar refractivity (Wildman–Crippen MR) is 128 cm³/mol. The van der Waals surface area contributed by atoms with Gasteiger partial charge in [-0.3, -0.25) is 0 Å². The molecule has 1 aromatic rings. The Hall–Kier alpha value is -1.96. The van der Waals surface area contributed by atoms with Crippen molar-refractivity contribution in [2.45, 2.75) is 46.3 Å². The fraction of sp³-hybridized carbons (Fsp3) is 0.708. The van der Waals surface area contributed by atoms with Crippen LogP contribution >= 0.6 is 0 Å². The number of nitrogens with zero attached hydrogens (tertiary/aromatic N) is 3. The van der Waals surface area contributed by atoms with E-state index in [9.17, 15) is 13.2 Å². The van der Waals surface area contributed by atoms with Crippen molar-refractivity contribution in [3.8, 4) is 0 Å². The molecule has 1 amide bonds. The number of piperidine rings is 1. The van der Waals surface area contributed by atoms with Crippen LogP contribution in [-0.4, -0.2) is 75.3 Å². The summed E-state index contributed by atoms with van der Waals surface area (Å²) in [5.41, 5.74) is 1.74. The van der Waals surface area contributed by atoms with Crippen LogP contribution in [0.5, 0.6) is 0 Å². The van der Waals surface area contributed by atoms with E-state index >= 15 is 0 Å². The number of rotatable bonds is 2. The number of hydrogen-bond acceptors (Lipinski definition) is 6. The second kappa shape index (κ2) is 8.43. The Morgan fingerprint density at radius 2 is 1.53 bits per heavy atom. The smallest absolute Gasteiger partial charge is 0.410 e. The van der Waals surface area contributed by atoms with Crippen LogP contribution in [0.25, 0.3) is 0 Å². The predicted octanol–water partition coefficient (Wildman–Crippen LogP) is 3.25. The molecular formula is C24H37N3O4S. The third kappa shape index (κ3) is 4.85. The molecule has 8 heteroatoms. The summed E-state index contributed by atoms with van der Waals surface area (Å²) in [7, 11) is -2.89. The highest BCUT2D eigenvalue weighted by Crippen LogP contribution is 2.40. The van der Waals surface area contributed by atoms with Gasteiger partial charge in [0.1, 0.15) is 5.60 Å². The van der Waals surface area contributed by atoms with E-state index in [1.165, 1.54) is 0 Å². The Labute approximate surface area is 192 Å². The maximum Gasteiger partial charge on any atom is 0.410 e. The van der Waals surface area contributed by atoms with E-state index in [0.29, 0.717) is 37.4 Å². The van der Waals surface area contributed by atoms with Gasteiger partial charge in [0.25, 0.3) is 0 Å². The molecule has 0 radical (unpaired) electrons. The van der Waals surface area contributed by atoms with Gasteiger partial charge in [-0.05, 0) is 62.8 Å². The Morgan fingerprint density at radius 1 is 0.938 bits per heavy atom. The summed E-state index contributed by atoms with van der Waals surface area (Å²) < 4.78 is 29.2. The standard InChI is InChI=1S/C24H37N3O4S/c1-17-18(2)22-16-26(23(28)31-24(3,4)5)14-19(17)15-27(22)21-8-6-20(7-9-21)25-10-12-32(29,30)13-11-25/h6-9,17-19,22H,10-16H2,1-5H3/t17?,18-,19+,22?/m0/s1. The third-order valence-corrected chi connectivity index (χ3v) is 9.03. The van der Waals surface area contributed by atoms with E-state index in [1.807, 2.05) is 25.7 Å². The van der Waals surface area contributed by atoms with Crippen LogP contribution in [0.15, 0.2) is 24.3 Å². The van der Waals surface area contributed by atoms with Crippen LogP contribution in [0, 0.1) is 17.8 Å². The first-order valence-electron chi connectivity index (χ1n) is 11.7. The van der Waals surface area contributed by atoms with Crippen LogP contribution in [0.1, 0.15) is 34.6 Å². The second-order valence-electron chi connectivity index (χ2n) is 10.7. The summed E-state index contributed by atoms with van der Waals surface area (Å²) >= 11 is 0. The van der Waals surface area contributed by atoms with Crippen molar-refractivity contribution in [3.63, 3.8) is 0 Å². The lowest BCUT2D eigenvalue weighted by molar-refractivity contribution is 0.0239. The van der Waals surface area contributed by atoms with E-state index in [-0.39, 0.29) is 23.6 Å². The van der Waals surface area contributed by atoms with E-state index in [1.54, 1.807) is 0 Å². The summed E-state index contributed by atoms with van der Waals surface area (Å²) in [4.78, 5) is 19.4. The highest BCUT2D eigenvalue weighted by Gasteiger charge is 2.45. The summed E-state index contributed by atoms with van der Waals surface area (Å²) in [5.74, 6) is 1.84. The lowest BCUT2D eigenvalue weighted by atomic mass is 9.76. The highest BCUT2D eigenvalue weighted by molar-refractivity contribution is 7.91. The molecule has 4 aliphatic heterocycles. The zero-order chi connectivity index (χ0) is 23.3. The minimum absolute atomic E-state index is 0.217. The van der Waals surface area contributed by atoms with Crippen molar-refractivity contribution in [2.75, 3.05) is 54.0 Å². The Bertz CT molecular complexity index is 927. The average Bonchev–Trinajstić information content (AvgIpc) is 2.98. The zero-order valence-electron chi connectivity index (χ0n) is 20.0. The Kier molecular flexibility index (Phi) is 6.11. The molecule has 0 spiro atoms. The van der Waals surface area contributed by atoms with E-state index in [0.717, 1.165) is 24.5 Å². The Morgan fingerprint density at radius 3 is 2.12 bits per heavy atom. The van der Waals surface area contributed by atoms with Crippen molar-refractivity contribution in [3.05, 3.63) is 24.3 Å². The van der Waals surface area contributed by atoms with Crippen LogP contribution in [0.2, 0.25) is 0 Å². The minimum atomic E-state index is -2.89. The van der Waals surface area contributed by atoms with Gasteiger partial charge in [-0.2, -0.15) is 0 Å².